The van der Waals surface area contributed by atoms with Crippen LogP contribution in [0.3, 0.4) is 0 Å². The molecule has 180 valence electrons. The highest BCUT2D eigenvalue weighted by Crippen LogP contribution is 2.21. The average molecular weight is 465 g/mol. The third kappa shape index (κ3) is 5.22. The first-order valence-corrected chi connectivity index (χ1v) is 12.1. The molecule has 2 aromatic heterocycles. The molecule has 1 unspecified atom stereocenters. The standard InChI is InChI=1S/C25H32N6O3/c1-30-17-19(21-6-2-3-7-22(21)30)16-26-20-9-11-31(12-10-20)25-27-14-18(15-28-25)24(32)29-34-23-8-4-5-13-33-23/h2-3,6-7,14-15,17,20,23,26H,4-5,8-13,16H2,1H3,(H,29,32). The van der Waals surface area contributed by atoms with Crippen molar-refractivity contribution in [2.45, 2.75) is 51.0 Å². The number of carbonyl (C=O) groups excluding carboxylic acids is 1. The number of anilines is 1. The van der Waals surface area contributed by atoms with Crippen molar-refractivity contribution >= 4 is 22.8 Å². The molecule has 0 spiro atoms. The van der Waals surface area contributed by atoms with Gasteiger partial charge in [-0.1, -0.05) is 18.2 Å². The van der Waals surface area contributed by atoms with Crippen molar-refractivity contribution in [2.24, 2.45) is 7.05 Å². The Balaban J connectivity index is 1.09. The third-order valence-electron chi connectivity index (χ3n) is 6.66. The molecule has 9 heteroatoms. The molecule has 2 fully saturated rings. The van der Waals surface area contributed by atoms with Crippen LogP contribution in [0.25, 0.3) is 10.9 Å². The van der Waals surface area contributed by atoms with Gasteiger partial charge in [-0.2, -0.15) is 0 Å². The number of para-hydroxylation sites is 1. The van der Waals surface area contributed by atoms with Gasteiger partial charge in [0.2, 0.25) is 5.95 Å². The number of nitrogens with one attached hydrogen (secondary N) is 2. The zero-order chi connectivity index (χ0) is 23.3. The maximum absolute atomic E-state index is 12.3. The predicted molar refractivity (Wildman–Crippen MR) is 129 cm³/mol. The summed E-state index contributed by atoms with van der Waals surface area (Å²) >= 11 is 0. The zero-order valence-corrected chi connectivity index (χ0v) is 19.6. The van der Waals surface area contributed by atoms with Gasteiger partial charge in [0.1, 0.15) is 0 Å². The van der Waals surface area contributed by atoms with Gasteiger partial charge in [0.05, 0.1) is 5.56 Å². The topological polar surface area (TPSA) is 93.5 Å². The van der Waals surface area contributed by atoms with Crippen LogP contribution in [0.5, 0.6) is 0 Å². The number of piperidine rings is 1. The van der Waals surface area contributed by atoms with Crippen molar-refractivity contribution in [2.75, 3.05) is 24.6 Å². The number of hydrogen-bond acceptors (Lipinski definition) is 7. The summed E-state index contributed by atoms with van der Waals surface area (Å²) in [7, 11) is 2.09. The third-order valence-corrected chi connectivity index (χ3v) is 6.66. The predicted octanol–water partition coefficient (Wildman–Crippen LogP) is 2.91. The van der Waals surface area contributed by atoms with Crippen molar-refractivity contribution in [3.63, 3.8) is 0 Å². The zero-order valence-electron chi connectivity index (χ0n) is 19.6. The first-order valence-electron chi connectivity index (χ1n) is 12.1. The highest BCUT2D eigenvalue weighted by molar-refractivity contribution is 5.92. The van der Waals surface area contributed by atoms with E-state index in [1.165, 1.54) is 16.5 Å². The molecule has 0 radical (unpaired) electrons. The summed E-state index contributed by atoms with van der Waals surface area (Å²) in [6.45, 7) is 3.27. The van der Waals surface area contributed by atoms with Gasteiger partial charge >= 0.3 is 0 Å². The summed E-state index contributed by atoms with van der Waals surface area (Å²) < 4.78 is 7.64. The van der Waals surface area contributed by atoms with Gasteiger partial charge in [0, 0.05) is 75.2 Å². The molecule has 4 heterocycles. The van der Waals surface area contributed by atoms with Gasteiger partial charge in [-0.3, -0.25) is 4.79 Å². The van der Waals surface area contributed by atoms with Crippen molar-refractivity contribution in [1.29, 1.82) is 0 Å². The van der Waals surface area contributed by atoms with E-state index in [4.69, 9.17) is 9.57 Å². The lowest BCUT2D eigenvalue weighted by molar-refractivity contribution is -0.186. The van der Waals surface area contributed by atoms with Gasteiger partial charge in [0.15, 0.2) is 6.29 Å². The van der Waals surface area contributed by atoms with E-state index in [-0.39, 0.29) is 12.2 Å². The van der Waals surface area contributed by atoms with Crippen LogP contribution in [0.1, 0.15) is 48.0 Å². The summed E-state index contributed by atoms with van der Waals surface area (Å²) in [5.74, 6) is 0.289. The second-order valence-electron chi connectivity index (χ2n) is 9.04. The summed E-state index contributed by atoms with van der Waals surface area (Å²) in [4.78, 5) is 28.6. The van der Waals surface area contributed by atoms with E-state index >= 15 is 0 Å². The van der Waals surface area contributed by atoms with Gasteiger partial charge in [0.25, 0.3) is 5.91 Å². The fourth-order valence-electron chi connectivity index (χ4n) is 4.69. The van der Waals surface area contributed by atoms with Gasteiger partial charge in [-0.05, 0) is 37.3 Å². The Morgan fingerprint density at radius 3 is 2.71 bits per heavy atom. The number of benzene rings is 1. The molecule has 2 N–H and O–H groups in total. The van der Waals surface area contributed by atoms with Crippen molar-refractivity contribution in [3.8, 4) is 0 Å². The van der Waals surface area contributed by atoms with Crippen LogP contribution in [-0.2, 0) is 23.2 Å². The summed E-state index contributed by atoms with van der Waals surface area (Å²) in [6.07, 6.45) is 9.81. The summed E-state index contributed by atoms with van der Waals surface area (Å²) in [6, 6.07) is 8.98. The number of nitrogens with zero attached hydrogens (tertiary/aromatic N) is 4. The van der Waals surface area contributed by atoms with Crippen LogP contribution in [0.2, 0.25) is 0 Å². The largest absolute Gasteiger partial charge is 0.350 e. The molecule has 0 aliphatic carbocycles. The lowest BCUT2D eigenvalue weighted by Crippen LogP contribution is -2.43. The molecule has 1 amide bonds. The van der Waals surface area contributed by atoms with Crippen LogP contribution in [0.4, 0.5) is 5.95 Å². The molecule has 1 aromatic carbocycles. The first-order chi connectivity index (χ1) is 16.7. The molecule has 1 atom stereocenters. The van der Waals surface area contributed by atoms with E-state index in [1.54, 1.807) is 12.4 Å². The lowest BCUT2D eigenvalue weighted by Gasteiger charge is -2.32. The normalized spacial score (nSPS) is 19.4. The van der Waals surface area contributed by atoms with Crippen LogP contribution < -0.4 is 15.7 Å². The number of aryl methyl sites for hydroxylation is 1. The highest BCUT2D eigenvalue weighted by atomic mass is 16.8. The van der Waals surface area contributed by atoms with E-state index in [0.717, 1.165) is 51.7 Å². The van der Waals surface area contributed by atoms with Crippen molar-refractivity contribution in [3.05, 3.63) is 54.0 Å². The van der Waals surface area contributed by atoms with Gasteiger partial charge in [-0.15, -0.1) is 0 Å². The van der Waals surface area contributed by atoms with Crippen LogP contribution in [0.15, 0.2) is 42.9 Å². The molecule has 3 aromatic rings. The SMILES string of the molecule is Cn1cc(CNC2CCN(c3ncc(C(=O)NOC4CCCCO4)cn3)CC2)c2ccccc21. The Morgan fingerprint density at radius 2 is 1.94 bits per heavy atom. The minimum atomic E-state index is -0.381. The Morgan fingerprint density at radius 1 is 1.15 bits per heavy atom. The number of hydroxylamine groups is 1. The monoisotopic (exact) mass is 464 g/mol. The molecule has 34 heavy (non-hydrogen) atoms. The van der Waals surface area contributed by atoms with Gasteiger partial charge in [-0.25, -0.2) is 20.3 Å². The minimum absolute atomic E-state index is 0.364. The highest BCUT2D eigenvalue weighted by Gasteiger charge is 2.22. The van der Waals surface area contributed by atoms with Crippen LogP contribution >= 0.6 is 0 Å². The number of ether oxygens (including phenoxy) is 1. The Kier molecular flexibility index (Phi) is 7.03. The molecular formula is C25H32N6O3. The Bertz CT molecular complexity index is 1100. The molecule has 0 saturated carbocycles. The van der Waals surface area contributed by atoms with E-state index in [0.29, 0.717) is 24.2 Å². The number of rotatable bonds is 7. The fourth-order valence-corrected chi connectivity index (χ4v) is 4.69. The second kappa shape index (κ2) is 10.5. The first kappa shape index (κ1) is 22.8. The summed E-state index contributed by atoms with van der Waals surface area (Å²) in [5.41, 5.74) is 5.40. The van der Waals surface area contributed by atoms with Gasteiger partial charge < -0.3 is 19.5 Å². The number of amides is 1. The lowest BCUT2D eigenvalue weighted by atomic mass is 10.0. The number of aromatic nitrogens is 3. The Hall–Kier alpha value is -3.01. The molecule has 5 rings (SSSR count). The maximum Gasteiger partial charge on any atom is 0.278 e. The molecule has 0 bridgehead atoms. The minimum Gasteiger partial charge on any atom is -0.350 e. The molecule has 2 saturated heterocycles. The van der Waals surface area contributed by atoms with E-state index < -0.39 is 0 Å². The Labute approximate surface area is 199 Å². The van der Waals surface area contributed by atoms with Crippen molar-refractivity contribution < 1.29 is 14.4 Å². The molecule has 2 aliphatic heterocycles. The number of carbonyl (C=O) groups is 1. The van der Waals surface area contributed by atoms with Crippen LogP contribution in [0, 0.1) is 0 Å². The average Bonchev–Trinajstić information content (AvgIpc) is 3.22. The summed E-state index contributed by atoms with van der Waals surface area (Å²) in [5, 5.41) is 5.03. The van der Waals surface area contributed by atoms with Crippen LogP contribution in [-0.4, -0.2) is 52.5 Å². The molecular weight excluding hydrogens is 432 g/mol. The second-order valence-corrected chi connectivity index (χ2v) is 9.04. The maximum atomic E-state index is 12.3. The van der Waals surface area contributed by atoms with E-state index in [9.17, 15) is 4.79 Å². The molecule has 9 nitrogen and oxygen atoms in total. The number of hydrogen-bond donors (Lipinski definition) is 2. The van der Waals surface area contributed by atoms with E-state index in [2.05, 4.69) is 67.7 Å². The van der Waals surface area contributed by atoms with Crippen molar-refractivity contribution in [1.82, 2.24) is 25.3 Å². The fraction of sp³-hybridized carbons (Fsp3) is 0.480. The smallest absolute Gasteiger partial charge is 0.278 e. The quantitative estimate of drug-likeness (QED) is 0.519. The number of fused-ring (bicyclic) bond motifs is 1. The molecule has 2 aliphatic rings. The van der Waals surface area contributed by atoms with E-state index in [1.807, 2.05) is 0 Å².